The van der Waals surface area contributed by atoms with Crippen molar-refractivity contribution in [2.75, 3.05) is 0 Å². The zero-order valence-corrected chi connectivity index (χ0v) is 7.14. The Morgan fingerprint density at radius 2 is 2.14 bits per heavy atom. The van der Waals surface area contributed by atoms with Crippen molar-refractivity contribution in [3.8, 4) is 18.1 Å². The molecular formula is C10H7F3O. The maximum Gasteiger partial charge on any atom is 0.387 e. The van der Waals surface area contributed by atoms with E-state index < -0.39 is 18.2 Å². The predicted octanol–water partition coefficient (Wildman–Crippen LogP) is 2.60. The molecule has 1 aromatic carbocycles. The van der Waals surface area contributed by atoms with Gasteiger partial charge in [0.2, 0.25) is 0 Å². The second kappa shape index (κ2) is 4.56. The molecule has 14 heavy (non-hydrogen) atoms. The Labute approximate surface area is 79.5 Å². The van der Waals surface area contributed by atoms with E-state index >= 15 is 0 Å². The molecule has 1 rings (SSSR count). The van der Waals surface area contributed by atoms with Gasteiger partial charge in [-0.3, -0.25) is 0 Å². The molecule has 0 radical (unpaired) electrons. The van der Waals surface area contributed by atoms with Crippen LogP contribution in [-0.4, -0.2) is 6.61 Å². The number of hydrogen-bond donors (Lipinski definition) is 0. The van der Waals surface area contributed by atoms with Crippen LogP contribution >= 0.6 is 0 Å². The summed E-state index contributed by atoms with van der Waals surface area (Å²) >= 11 is 0. The minimum Gasteiger partial charge on any atom is -0.432 e. The van der Waals surface area contributed by atoms with Crippen molar-refractivity contribution in [1.29, 1.82) is 0 Å². The molecule has 0 heterocycles. The highest BCUT2D eigenvalue weighted by Crippen LogP contribution is 2.20. The van der Waals surface area contributed by atoms with E-state index in [2.05, 4.69) is 10.7 Å². The molecule has 0 aliphatic rings. The summed E-state index contributed by atoms with van der Waals surface area (Å²) in [6, 6.07) is 3.66. The standard InChI is InChI=1S/C10H7F3O/c1-2-3-7-4-5-9(8(11)6-7)14-10(12)13/h1,4-6,10H,3H2. The average Bonchev–Trinajstić information content (AvgIpc) is 2.10. The fourth-order valence-corrected chi connectivity index (χ4v) is 0.964. The normalized spacial score (nSPS) is 9.93. The SMILES string of the molecule is C#CCc1ccc(OC(F)F)c(F)c1. The summed E-state index contributed by atoms with van der Waals surface area (Å²) in [6.07, 6.45) is 5.26. The summed E-state index contributed by atoms with van der Waals surface area (Å²) in [5, 5.41) is 0. The van der Waals surface area contributed by atoms with Crippen LogP contribution in [0, 0.1) is 18.2 Å². The smallest absolute Gasteiger partial charge is 0.387 e. The Kier molecular flexibility index (Phi) is 3.41. The molecule has 4 heteroatoms. The largest absolute Gasteiger partial charge is 0.432 e. The van der Waals surface area contributed by atoms with E-state index in [1.54, 1.807) is 0 Å². The number of hydrogen-bond acceptors (Lipinski definition) is 1. The predicted molar refractivity (Wildman–Crippen MR) is 45.6 cm³/mol. The quantitative estimate of drug-likeness (QED) is 0.681. The van der Waals surface area contributed by atoms with Crippen LogP contribution in [0.3, 0.4) is 0 Å². The second-order valence-corrected chi connectivity index (χ2v) is 2.52. The molecule has 0 saturated heterocycles. The Hall–Kier alpha value is -1.63. The highest BCUT2D eigenvalue weighted by Gasteiger charge is 2.09. The van der Waals surface area contributed by atoms with Gasteiger partial charge in [0.25, 0.3) is 0 Å². The van der Waals surface area contributed by atoms with Crippen LogP contribution in [-0.2, 0) is 6.42 Å². The minimum atomic E-state index is -3.03. The van der Waals surface area contributed by atoms with Crippen LogP contribution in [0.5, 0.6) is 5.75 Å². The van der Waals surface area contributed by atoms with Gasteiger partial charge in [-0.15, -0.1) is 12.3 Å². The van der Waals surface area contributed by atoms with Gasteiger partial charge in [0.15, 0.2) is 11.6 Å². The summed E-state index contributed by atoms with van der Waals surface area (Å²) < 4.78 is 40.4. The molecule has 0 unspecified atom stereocenters. The van der Waals surface area contributed by atoms with Crippen molar-refractivity contribution in [3.63, 3.8) is 0 Å². The van der Waals surface area contributed by atoms with Gasteiger partial charge in [-0.1, -0.05) is 6.07 Å². The Bertz CT molecular complexity index is 355. The third-order valence-corrected chi connectivity index (χ3v) is 1.52. The lowest BCUT2D eigenvalue weighted by molar-refractivity contribution is -0.0522. The lowest BCUT2D eigenvalue weighted by Crippen LogP contribution is -2.03. The van der Waals surface area contributed by atoms with E-state index in [0.29, 0.717) is 5.56 Å². The van der Waals surface area contributed by atoms with Gasteiger partial charge in [0.1, 0.15) is 0 Å². The molecule has 0 fully saturated rings. The Morgan fingerprint density at radius 3 is 2.64 bits per heavy atom. The molecule has 0 bridgehead atoms. The van der Waals surface area contributed by atoms with E-state index in [0.717, 1.165) is 12.1 Å². The van der Waals surface area contributed by atoms with E-state index in [4.69, 9.17) is 6.42 Å². The fraction of sp³-hybridized carbons (Fsp3) is 0.200. The van der Waals surface area contributed by atoms with Crippen LogP contribution in [0.1, 0.15) is 5.56 Å². The third kappa shape index (κ3) is 2.70. The van der Waals surface area contributed by atoms with E-state index in [-0.39, 0.29) is 6.42 Å². The minimum absolute atomic E-state index is 0.256. The van der Waals surface area contributed by atoms with Gasteiger partial charge in [-0.25, -0.2) is 4.39 Å². The maximum absolute atomic E-state index is 13.0. The van der Waals surface area contributed by atoms with Gasteiger partial charge in [0, 0.05) is 6.42 Å². The van der Waals surface area contributed by atoms with Gasteiger partial charge in [-0.05, 0) is 17.7 Å². The zero-order chi connectivity index (χ0) is 10.6. The highest BCUT2D eigenvalue weighted by atomic mass is 19.3. The van der Waals surface area contributed by atoms with Gasteiger partial charge in [0.05, 0.1) is 0 Å². The van der Waals surface area contributed by atoms with Gasteiger partial charge >= 0.3 is 6.61 Å². The van der Waals surface area contributed by atoms with Gasteiger partial charge < -0.3 is 4.74 Å². The van der Waals surface area contributed by atoms with Crippen molar-refractivity contribution < 1.29 is 17.9 Å². The van der Waals surface area contributed by atoms with Crippen molar-refractivity contribution >= 4 is 0 Å². The number of ether oxygens (including phenoxy) is 1. The van der Waals surface area contributed by atoms with Crippen molar-refractivity contribution in [3.05, 3.63) is 29.6 Å². The maximum atomic E-state index is 13.0. The summed E-state index contributed by atoms with van der Waals surface area (Å²) in [7, 11) is 0. The van der Waals surface area contributed by atoms with Crippen LogP contribution in [0.2, 0.25) is 0 Å². The molecule has 74 valence electrons. The summed E-state index contributed by atoms with van der Waals surface area (Å²) in [4.78, 5) is 0. The lowest BCUT2D eigenvalue weighted by atomic mass is 10.1. The Morgan fingerprint density at radius 1 is 1.43 bits per heavy atom. The number of alkyl halides is 2. The van der Waals surface area contributed by atoms with Gasteiger partial charge in [-0.2, -0.15) is 8.78 Å². The van der Waals surface area contributed by atoms with Crippen LogP contribution in [0.15, 0.2) is 18.2 Å². The molecule has 0 N–H and O–H groups in total. The number of rotatable bonds is 3. The summed E-state index contributed by atoms with van der Waals surface area (Å²) in [6.45, 7) is -3.03. The van der Waals surface area contributed by atoms with Crippen molar-refractivity contribution in [1.82, 2.24) is 0 Å². The first-order valence-corrected chi connectivity index (χ1v) is 3.80. The first kappa shape index (κ1) is 10.5. The summed E-state index contributed by atoms with van der Waals surface area (Å²) in [5.74, 6) is 1.01. The molecule has 0 amide bonds. The van der Waals surface area contributed by atoms with Crippen molar-refractivity contribution in [2.45, 2.75) is 13.0 Å². The van der Waals surface area contributed by atoms with Crippen molar-refractivity contribution in [2.24, 2.45) is 0 Å². The topological polar surface area (TPSA) is 9.23 Å². The first-order valence-electron chi connectivity index (χ1n) is 3.80. The Balaban J connectivity index is 2.85. The molecular weight excluding hydrogens is 193 g/mol. The molecule has 0 aromatic heterocycles. The van der Waals surface area contributed by atoms with Crippen LogP contribution < -0.4 is 4.74 Å². The molecule has 0 spiro atoms. The number of halogens is 3. The molecule has 0 aliphatic heterocycles. The van der Waals surface area contributed by atoms with E-state index in [1.165, 1.54) is 6.07 Å². The number of terminal acetylenes is 1. The van der Waals surface area contributed by atoms with Crippen LogP contribution in [0.4, 0.5) is 13.2 Å². The molecule has 0 aliphatic carbocycles. The number of benzene rings is 1. The third-order valence-electron chi connectivity index (χ3n) is 1.52. The monoisotopic (exact) mass is 200 g/mol. The van der Waals surface area contributed by atoms with E-state index in [9.17, 15) is 13.2 Å². The molecule has 0 atom stereocenters. The average molecular weight is 200 g/mol. The lowest BCUT2D eigenvalue weighted by Gasteiger charge is -2.05. The first-order chi connectivity index (χ1) is 6.63. The van der Waals surface area contributed by atoms with E-state index in [1.807, 2.05) is 0 Å². The molecule has 1 aromatic rings. The van der Waals surface area contributed by atoms with Crippen LogP contribution in [0.25, 0.3) is 0 Å². The molecule has 0 saturated carbocycles. The second-order valence-electron chi connectivity index (χ2n) is 2.52. The molecule has 1 nitrogen and oxygen atoms in total. The highest BCUT2D eigenvalue weighted by molar-refractivity contribution is 5.31. The fourth-order valence-electron chi connectivity index (χ4n) is 0.964. The summed E-state index contributed by atoms with van der Waals surface area (Å²) in [5.41, 5.74) is 0.548. The zero-order valence-electron chi connectivity index (χ0n) is 7.14.